The number of nitrogens with zero attached hydrogens (tertiary/aromatic N) is 2. The van der Waals surface area contributed by atoms with Gasteiger partial charge in [-0.2, -0.15) is 0 Å². The van der Waals surface area contributed by atoms with Crippen molar-refractivity contribution < 1.29 is 9.13 Å². The number of hydrogen-bond acceptors (Lipinski definition) is 2. The van der Waals surface area contributed by atoms with Crippen molar-refractivity contribution >= 4 is 22.6 Å². The van der Waals surface area contributed by atoms with Crippen molar-refractivity contribution in [3.63, 3.8) is 0 Å². The van der Waals surface area contributed by atoms with Crippen LogP contribution in [0.25, 0.3) is 11.0 Å². The maximum atomic E-state index is 13.3. The molecule has 0 spiro atoms. The second-order valence-electron chi connectivity index (χ2n) is 5.57. The average Bonchev–Trinajstić information content (AvgIpc) is 2.75. The van der Waals surface area contributed by atoms with E-state index in [1.54, 1.807) is 6.07 Å². The van der Waals surface area contributed by atoms with E-state index in [0.29, 0.717) is 23.7 Å². The summed E-state index contributed by atoms with van der Waals surface area (Å²) < 4.78 is 21.0. The summed E-state index contributed by atoms with van der Waals surface area (Å²) in [7, 11) is 0. The summed E-state index contributed by atoms with van der Waals surface area (Å²) >= 11 is 5.83. The third-order valence-corrected chi connectivity index (χ3v) is 3.42. The lowest BCUT2D eigenvalue weighted by atomic mass is 10.2. The second kappa shape index (κ2) is 7.76. The minimum absolute atomic E-state index is 0.259. The minimum Gasteiger partial charge on any atom is -0.381 e. The van der Waals surface area contributed by atoms with E-state index in [9.17, 15) is 4.39 Å². The molecule has 0 aliphatic rings. The SMILES string of the molecule is CC(C)COCCCn1c(CCCl)nc2cc(F)ccc21. The molecule has 0 N–H and O–H groups in total. The predicted molar refractivity (Wildman–Crippen MR) is 84.4 cm³/mol. The van der Waals surface area contributed by atoms with Crippen molar-refractivity contribution in [2.75, 3.05) is 19.1 Å². The number of rotatable bonds is 8. The normalized spacial score (nSPS) is 11.7. The summed E-state index contributed by atoms with van der Waals surface area (Å²) in [4.78, 5) is 4.49. The van der Waals surface area contributed by atoms with Gasteiger partial charge in [-0.05, 0) is 24.5 Å². The Balaban J connectivity index is 2.07. The first-order valence-corrected chi connectivity index (χ1v) is 7.93. The van der Waals surface area contributed by atoms with Crippen molar-refractivity contribution in [1.29, 1.82) is 0 Å². The Morgan fingerprint density at radius 1 is 1.38 bits per heavy atom. The molecule has 1 aromatic heterocycles. The smallest absolute Gasteiger partial charge is 0.125 e. The third-order valence-electron chi connectivity index (χ3n) is 3.23. The highest BCUT2D eigenvalue weighted by molar-refractivity contribution is 6.17. The average molecular weight is 313 g/mol. The summed E-state index contributed by atoms with van der Waals surface area (Å²) in [5.41, 5.74) is 1.65. The van der Waals surface area contributed by atoms with Gasteiger partial charge in [0.2, 0.25) is 0 Å². The van der Waals surface area contributed by atoms with E-state index in [1.165, 1.54) is 12.1 Å². The number of hydrogen-bond donors (Lipinski definition) is 0. The Morgan fingerprint density at radius 2 is 2.19 bits per heavy atom. The monoisotopic (exact) mass is 312 g/mol. The highest BCUT2D eigenvalue weighted by atomic mass is 35.5. The molecule has 0 unspecified atom stereocenters. The van der Waals surface area contributed by atoms with Crippen molar-refractivity contribution in [1.82, 2.24) is 9.55 Å². The van der Waals surface area contributed by atoms with E-state index in [4.69, 9.17) is 16.3 Å². The van der Waals surface area contributed by atoms with Crippen LogP contribution in [0.3, 0.4) is 0 Å². The lowest BCUT2D eigenvalue weighted by molar-refractivity contribution is 0.105. The number of imidazole rings is 1. The summed E-state index contributed by atoms with van der Waals surface area (Å²) in [5.74, 6) is 1.71. The number of aryl methyl sites for hydroxylation is 2. The first kappa shape index (κ1) is 16.2. The standard InChI is InChI=1S/C16H22ClFN2O/c1-12(2)11-21-9-3-8-20-15-5-4-13(18)10-14(15)19-16(20)6-7-17/h4-5,10,12H,3,6-9,11H2,1-2H3. The van der Waals surface area contributed by atoms with Crippen LogP contribution in [0.15, 0.2) is 18.2 Å². The summed E-state index contributed by atoms with van der Waals surface area (Å²) in [6.45, 7) is 6.59. The lowest BCUT2D eigenvalue weighted by Gasteiger charge is -2.10. The summed E-state index contributed by atoms with van der Waals surface area (Å²) in [6.07, 6.45) is 1.59. The fourth-order valence-corrected chi connectivity index (χ4v) is 2.49. The van der Waals surface area contributed by atoms with Crippen LogP contribution in [-0.2, 0) is 17.7 Å². The Labute approximate surface area is 130 Å². The van der Waals surface area contributed by atoms with Gasteiger partial charge < -0.3 is 9.30 Å². The van der Waals surface area contributed by atoms with Crippen LogP contribution >= 0.6 is 11.6 Å². The van der Waals surface area contributed by atoms with E-state index in [2.05, 4.69) is 23.4 Å². The molecule has 0 atom stereocenters. The molecule has 1 heterocycles. The number of fused-ring (bicyclic) bond motifs is 1. The molecule has 3 nitrogen and oxygen atoms in total. The number of aromatic nitrogens is 2. The van der Waals surface area contributed by atoms with Gasteiger partial charge in [-0.3, -0.25) is 0 Å². The molecular formula is C16H22ClFN2O. The molecule has 116 valence electrons. The summed E-state index contributed by atoms with van der Waals surface area (Å²) in [5, 5.41) is 0. The highest BCUT2D eigenvalue weighted by Crippen LogP contribution is 2.19. The van der Waals surface area contributed by atoms with E-state index in [1.807, 2.05) is 0 Å². The van der Waals surface area contributed by atoms with Crippen LogP contribution in [0.5, 0.6) is 0 Å². The number of halogens is 2. The van der Waals surface area contributed by atoms with Gasteiger partial charge >= 0.3 is 0 Å². The van der Waals surface area contributed by atoms with Gasteiger partial charge in [-0.15, -0.1) is 11.6 Å². The molecule has 0 radical (unpaired) electrons. The van der Waals surface area contributed by atoms with E-state index >= 15 is 0 Å². The maximum absolute atomic E-state index is 13.3. The van der Waals surface area contributed by atoms with Crippen molar-refractivity contribution in [3.8, 4) is 0 Å². The Bertz CT molecular complexity index is 583. The van der Waals surface area contributed by atoms with Gasteiger partial charge in [0.05, 0.1) is 11.0 Å². The van der Waals surface area contributed by atoms with Crippen LogP contribution in [0.1, 0.15) is 26.1 Å². The van der Waals surface area contributed by atoms with Crippen LogP contribution < -0.4 is 0 Å². The molecule has 0 aliphatic carbocycles. The van der Waals surface area contributed by atoms with E-state index in [0.717, 1.165) is 37.5 Å². The topological polar surface area (TPSA) is 27.1 Å². The molecule has 1 aromatic carbocycles. The summed E-state index contributed by atoms with van der Waals surface area (Å²) in [6, 6.07) is 4.73. The van der Waals surface area contributed by atoms with Gasteiger partial charge in [-0.25, -0.2) is 9.37 Å². The van der Waals surface area contributed by atoms with Gasteiger partial charge in [0, 0.05) is 38.1 Å². The van der Waals surface area contributed by atoms with Crippen molar-refractivity contribution in [3.05, 3.63) is 29.8 Å². The number of alkyl halides is 1. The Hall–Kier alpha value is -1.13. The predicted octanol–water partition coefficient (Wildman–Crippen LogP) is 4.02. The molecule has 0 aliphatic heterocycles. The molecule has 0 amide bonds. The third kappa shape index (κ3) is 4.42. The number of benzene rings is 1. The van der Waals surface area contributed by atoms with Gasteiger partial charge in [0.15, 0.2) is 0 Å². The van der Waals surface area contributed by atoms with Gasteiger partial charge in [0.1, 0.15) is 11.6 Å². The van der Waals surface area contributed by atoms with Crippen LogP contribution in [-0.4, -0.2) is 28.6 Å². The molecule has 21 heavy (non-hydrogen) atoms. The molecule has 2 aromatic rings. The molecule has 0 saturated carbocycles. The maximum Gasteiger partial charge on any atom is 0.125 e. The van der Waals surface area contributed by atoms with Gasteiger partial charge in [-0.1, -0.05) is 13.8 Å². The van der Waals surface area contributed by atoms with Crippen molar-refractivity contribution in [2.24, 2.45) is 5.92 Å². The largest absolute Gasteiger partial charge is 0.381 e. The zero-order valence-corrected chi connectivity index (χ0v) is 13.4. The van der Waals surface area contributed by atoms with E-state index in [-0.39, 0.29) is 5.82 Å². The van der Waals surface area contributed by atoms with Gasteiger partial charge in [0.25, 0.3) is 0 Å². The zero-order chi connectivity index (χ0) is 15.2. The molecule has 0 bridgehead atoms. The molecule has 2 rings (SSSR count). The minimum atomic E-state index is -0.259. The van der Waals surface area contributed by atoms with Crippen LogP contribution in [0.2, 0.25) is 0 Å². The highest BCUT2D eigenvalue weighted by Gasteiger charge is 2.10. The van der Waals surface area contributed by atoms with E-state index < -0.39 is 0 Å². The molecule has 0 fully saturated rings. The molecular weight excluding hydrogens is 291 g/mol. The van der Waals surface area contributed by atoms with Crippen LogP contribution in [0.4, 0.5) is 4.39 Å². The quantitative estimate of drug-likeness (QED) is 0.544. The Kier molecular flexibility index (Phi) is 6.00. The first-order valence-electron chi connectivity index (χ1n) is 7.40. The molecule has 0 saturated heterocycles. The fraction of sp³-hybridized carbons (Fsp3) is 0.562. The number of ether oxygens (including phenoxy) is 1. The van der Waals surface area contributed by atoms with Crippen LogP contribution in [0, 0.1) is 11.7 Å². The van der Waals surface area contributed by atoms with Crippen molar-refractivity contribution in [2.45, 2.75) is 33.2 Å². The first-order chi connectivity index (χ1) is 10.1. The lowest BCUT2D eigenvalue weighted by Crippen LogP contribution is -2.09. The second-order valence-corrected chi connectivity index (χ2v) is 5.95. The zero-order valence-electron chi connectivity index (χ0n) is 12.6. The fourth-order valence-electron chi connectivity index (χ4n) is 2.32. The Morgan fingerprint density at radius 3 is 2.90 bits per heavy atom. The molecule has 5 heteroatoms.